The number of rotatable bonds is 5. The maximum absolute atomic E-state index is 4.36. The molecule has 0 fully saturated rings. The largest absolute Gasteiger partial charge is 0.370 e. The average Bonchev–Trinajstić information content (AvgIpc) is 2.96. The highest BCUT2D eigenvalue weighted by Crippen LogP contribution is 2.25. The number of pyridine rings is 1. The summed E-state index contributed by atoms with van der Waals surface area (Å²) in [5.74, 6) is 1.71. The van der Waals surface area contributed by atoms with Gasteiger partial charge in [-0.2, -0.15) is 0 Å². The van der Waals surface area contributed by atoms with Gasteiger partial charge >= 0.3 is 0 Å². The van der Waals surface area contributed by atoms with E-state index in [1.54, 1.807) is 18.1 Å². The first-order valence-electron chi connectivity index (χ1n) is 6.32. The Balaban J connectivity index is 1.71. The van der Waals surface area contributed by atoms with Crippen molar-refractivity contribution in [3.8, 4) is 0 Å². The van der Waals surface area contributed by atoms with Crippen molar-refractivity contribution in [2.24, 2.45) is 0 Å². The van der Waals surface area contributed by atoms with Gasteiger partial charge in [-0.15, -0.1) is 0 Å². The molecule has 3 aromatic rings. The monoisotopic (exact) mass is 286 g/mol. The van der Waals surface area contributed by atoms with Crippen LogP contribution in [0.5, 0.6) is 0 Å². The summed E-state index contributed by atoms with van der Waals surface area (Å²) in [5, 5.41) is 4.08. The molecule has 20 heavy (non-hydrogen) atoms. The summed E-state index contributed by atoms with van der Waals surface area (Å²) in [5.41, 5.74) is 2.74. The molecule has 3 aromatic heterocycles. The summed E-state index contributed by atoms with van der Waals surface area (Å²) in [6.45, 7) is 2.93. The van der Waals surface area contributed by atoms with Gasteiger partial charge in [0.25, 0.3) is 0 Å². The van der Waals surface area contributed by atoms with E-state index in [-0.39, 0.29) is 0 Å². The van der Waals surface area contributed by atoms with E-state index in [0.29, 0.717) is 5.65 Å². The highest BCUT2D eigenvalue weighted by atomic mass is 32.2. The Hall–Kier alpha value is -2.15. The molecule has 0 saturated carbocycles. The highest BCUT2D eigenvalue weighted by Gasteiger charge is 2.06. The summed E-state index contributed by atoms with van der Waals surface area (Å²) in [6.07, 6.45) is 5.06. The Kier molecular flexibility index (Phi) is 3.78. The summed E-state index contributed by atoms with van der Waals surface area (Å²) >= 11 is 1.64. The van der Waals surface area contributed by atoms with Gasteiger partial charge in [0.05, 0.1) is 6.33 Å². The second-order valence-corrected chi connectivity index (χ2v) is 5.11. The number of aromatic nitrogens is 5. The number of aromatic amines is 1. The van der Waals surface area contributed by atoms with Crippen LogP contribution in [-0.4, -0.2) is 31.5 Å². The lowest BCUT2D eigenvalue weighted by atomic mass is 10.3. The number of hydrogen-bond acceptors (Lipinski definition) is 6. The molecule has 7 heteroatoms. The lowest BCUT2D eigenvalue weighted by Gasteiger charge is -2.04. The second kappa shape index (κ2) is 5.87. The summed E-state index contributed by atoms with van der Waals surface area (Å²) < 4.78 is 0. The molecule has 6 nitrogen and oxygen atoms in total. The van der Waals surface area contributed by atoms with E-state index < -0.39 is 0 Å². The van der Waals surface area contributed by atoms with Crippen LogP contribution < -0.4 is 5.32 Å². The van der Waals surface area contributed by atoms with Gasteiger partial charge in [0.1, 0.15) is 22.7 Å². The fourth-order valence-electron chi connectivity index (χ4n) is 1.80. The van der Waals surface area contributed by atoms with Crippen LogP contribution in [0.15, 0.2) is 36.0 Å². The molecule has 0 unspecified atom stereocenters. The van der Waals surface area contributed by atoms with Gasteiger partial charge in [-0.05, 0) is 18.6 Å². The predicted molar refractivity (Wildman–Crippen MR) is 79.6 cm³/mol. The van der Waals surface area contributed by atoms with E-state index in [9.17, 15) is 0 Å². The smallest absolute Gasteiger partial charge is 0.181 e. The average molecular weight is 286 g/mol. The minimum Gasteiger partial charge on any atom is -0.370 e. The zero-order valence-electron chi connectivity index (χ0n) is 11.0. The Labute approximate surface area is 120 Å². The zero-order chi connectivity index (χ0) is 13.8. The van der Waals surface area contributed by atoms with Crippen LogP contribution >= 0.6 is 11.8 Å². The molecule has 0 aromatic carbocycles. The first kappa shape index (κ1) is 12.9. The number of imidazole rings is 1. The van der Waals surface area contributed by atoms with Crippen molar-refractivity contribution < 1.29 is 0 Å². The molecular weight excluding hydrogens is 272 g/mol. The molecule has 2 N–H and O–H groups in total. The van der Waals surface area contributed by atoms with Gasteiger partial charge in [0, 0.05) is 18.5 Å². The third kappa shape index (κ3) is 2.72. The molecule has 0 radical (unpaired) electrons. The molecule has 0 spiro atoms. The van der Waals surface area contributed by atoms with E-state index in [1.165, 1.54) is 6.33 Å². The second-order valence-electron chi connectivity index (χ2n) is 4.15. The molecule has 0 atom stereocenters. The molecule has 102 valence electrons. The first-order chi connectivity index (χ1) is 9.86. The number of nitrogens with zero attached hydrogens (tertiary/aromatic N) is 4. The molecule has 0 aliphatic carbocycles. The number of hydrogen-bond donors (Lipinski definition) is 2. The third-order valence-electron chi connectivity index (χ3n) is 2.75. The summed E-state index contributed by atoms with van der Waals surface area (Å²) in [4.78, 5) is 19.9. The number of thioether (sulfide) groups is 1. The van der Waals surface area contributed by atoms with E-state index >= 15 is 0 Å². The van der Waals surface area contributed by atoms with Crippen LogP contribution in [0.3, 0.4) is 0 Å². The topological polar surface area (TPSA) is 79.4 Å². The minimum absolute atomic E-state index is 0.697. The van der Waals surface area contributed by atoms with Crippen molar-refractivity contribution in [3.05, 3.63) is 36.5 Å². The van der Waals surface area contributed by atoms with Gasteiger partial charge in [-0.3, -0.25) is 0 Å². The van der Waals surface area contributed by atoms with Gasteiger partial charge in [0.2, 0.25) is 0 Å². The van der Waals surface area contributed by atoms with E-state index in [0.717, 1.165) is 34.2 Å². The third-order valence-corrected chi connectivity index (χ3v) is 3.81. The Morgan fingerprint density at radius 1 is 1.20 bits per heavy atom. The predicted octanol–water partition coefficient (Wildman–Crippen LogP) is 2.47. The lowest BCUT2D eigenvalue weighted by molar-refractivity contribution is 1.08. The number of nitrogens with one attached hydrogen (secondary N) is 2. The Bertz CT molecular complexity index is 693. The molecule has 0 aliphatic rings. The van der Waals surface area contributed by atoms with E-state index in [2.05, 4.69) is 43.2 Å². The summed E-state index contributed by atoms with van der Waals surface area (Å²) in [7, 11) is 0. The van der Waals surface area contributed by atoms with Crippen molar-refractivity contribution in [3.63, 3.8) is 0 Å². The molecule has 0 bridgehead atoms. The fraction of sp³-hybridized carbons (Fsp3) is 0.231. The Morgan fingerprint density at radius 3 is 2.95 bits per heavy atom. The minimum atomic E-state index is 0.697. The molecule has 0 aliphatic heterocycles. The van der Waals surface area contributed by atoms with Crippen molar-refractivity contribution in [1.29, 1.82) is 0 Å². The van der Waals surface area contributed by atoms with Gasteiger partial charge in [-0.25, -0.2) is 19.9 Å². The van der Waals surface area contributed by atoms with Gasteiger partial charge in [-0.1, -0.05) is 17.8 Å². The first-order valence-corrected chi connectivity index (χ1v) is 7.31. The van der Waals surface area contributed by atoms with Gasteiger partial charge < -0.3 is 10.3 Å². The van der Waals surface area contributed by atoms with Crippen LogP contribution in [0.1, 0.15) is 12.5 Å². The van der Waals surface area contributed by atoms with Crippen LogP contribution in [-0.2, 0) is 5.75 Å². The number of anilines is 1. The zero-order valence-corrected chi connectivity index (χ0v) is 11.8. The molecular formula is C13H14N6S. The van der Waals surface area contributed by atoms with E-state index in [1.807, 2.05) is 12.3 Å². The summed E-state index contributed by atoms with van der Waals surface area (Å²) in [6, 6.07) is 4.06. The van der Waals surface area contributed by atoms with Crippen molar-refractivity contribution in [2.75, 3.05) is 11.9 Å². The van der Waals surface area contributed by atoms with Crippen LogP contribution in [0.25, 0.3) is 11.2 Å². The van der Waals surface area contributed by atoms with Crippen molar-refractivity contribution >= 4 is 28.7 Å². The Morgan fingerprint density at radius 2 is 2.15 bits per heavy atom. The van der Waals surface area contributed by atoms with Gasteiger partial charge in [0.15, 0.2) is 5.65 Å². The van der Waals surface area contributed by atoms with Crippen LogP contribution in [0.2, 0.25) is 0 Å². The lowest BCUT2D eigenvalue weighted by Crippen LogP contribution is -1.98. The van der Waals surface area contributed by atoms with Crippen LogP contribution in [0.4, 0.5) is 5.82 Å². The van der Waals surface area contributed by atoms with Crippen LogP contribution in [0, 0.1) is 0 Å². The SMILES string of the molecule is CCNc1ccc(CSc2ncnc3nc[nH]c23)cn1. The van der Waals surface area contributed by atoms with Crippen molar-refractivity contribution in [2.45, 2.75) is 17.7 Å². The number of H-pyrrole nitrogens is 1. The molecule has 3 heterocycles. The molecule has 0 amide bonds. The normalized spacial score (nSPS) is 10.8. The fourth-order valence-corrected chi connectivity index (χ4v) is 2.69. The maximum atomic E-state index is 4.36. The quantitative estimate of drug-likeness (QED) is 0.554. The van der Waals surface area contributed by atoms with Crippen molar-refractivity contribution in [1.82, 2.24) is 24.9 Å². The standard InChI is InChI=1S/C13H14N6S/c1-2-14-10-4-3-9(5-15-10)6-20-13-11-12(17-7-16-11)18-8-19-13/h3-5,7-8H,2,6H2,1H3,(H,14,15)(H,16,17,18,19). The molecule has 0 saturated heterocycles. The maximum Gasteiger partial charge on any atom is 0.181 e. The molecule has 3 rings (SSSR count). The van der Waals surface area contributed by atoms with E-state index in [4.69, 9.17) is 0 Å². The highest BCUT2D eigenvalue weighted by molar-refractivity contribution is 7.98. The number of fused-ring (bicyclic) bond motifs is 1.